The van der Waals surface area contributed by atoms with Crippen molar-refractivity contribution in [3.05, 3.63) is 77.4 Å². The number of halogens is 1. The molecule has 5 rings (SSSR count). The summed E-state index contributed by atoms with van der Waals surface area (Å²) in [5.74, 6) is -0.585. The van der Waals surface area contributed by atoms with E-state index in [0.717, 1.165) is 36.2 Å². The molecule has 1 aliphatic carbocycles. The van der Waals surface area contributed by atoms with Crippen molar-refractivity contribution in [2.45, 2.75) is 38.1 Å². The average Bonchev–Trinajstić information content (AvgIpc) is 3.44. The third kappa shape index (κ3) is 4.33. The molecule has 0 saturated carbocycles. The number of benzene rings is 2. The minimum atomic E-state index is -0.359. The van der Waals surface area contributed by atoms with Gasteiger partial charge >= 0.3 is 6.03 Å². The third-order valence-electron chi connectivity index (χ3n) is 6.37. The summed E-state index contributed by atoms with van der Waals surface area (Å²) in [4.78, 5) is 27.3. The lowest BCUT2D eigenvalue weighted by molar-refractivity contribution is 0.0913. The molecule has 3 amide bonds. The summed E-state index contributed by atoms with van der Waals surface area (Å²) in [7, 11) is 0. The van der Waals surface area contributed by atoms with Crippen LogP contribution in [0.3, 0.4) is 0 Å². The molecule has 0 unspecified atom stereocenters. The van der Waals surface area contributed by atoms with Crippen LogP contribution in [0.5, 0.6) is 0 Å². The maximum absolute atomic E-state index is 14.4. The minimum absolute atomic E-state index is 0.0334. The Morgan fingerprint density at radius 1 is 0.970 bits per heavy atom. The SMILES string of the molecule is O=C(NC1CCN(C(=O)Nc2ccccc2)CC1)c1nn(-c2ccccc2F)c2c1CCC2. The smallest absolute Gasteiger partial charge is 0.321 e. The molecule has 1 saturated heterocycles. The van der Waals surface area contributed by atoms with Crippen LogP contribution < -0.4 is 10.6 Å². The quantitative estimate of drug-likeness (QED) is 0.636. The number of likely N-dealkylation sites (tertiary alicyclic amines) is 1. The van der Waals surface area contributed by atoms with Crippen LogP contribution in [0.2, 0.25) is 0 Å². The van der Waals surface area contributed by atoms with Gasteiger partial charge < -0.3 is 15.5 Å². The van der Waals surface area contributed by atoms with Gasteiger partial charge in [-0.3, -0.25) is 4.79 Å². The normalized spacial score (nSPS) is 15.8. The first-order chi connectivity index (χ1) is 16.1. The van der Waals surface area contributed by atoms with Crippen molar-refractivity contribution in [1.82, 2.24) is 20.0 Å². The van der Waals surface area contributed by atoms with Gasteiger partial charge in [-0.2, -0.15) is 5.10 Å². The molecular weight excluding hydrogens is 421 g/mol. The molecule has 2 aliphatic rings. The number of piperidine rings is 1. The minimum Gasteiger partial charge on any atom is -0.348 e. The van der Waals surface area contributed by atoms with Crippen LogP contribution >= 0.6 is 0 Å². The second-order valence-electron chi connectivity index (χ2n) is 8.52. The zero-order valence-corrected chi connectivity index (χ0v) is 18.3. The van der Waals surface area contributed by atoms with E-state index in [1.54, 1.807) is 27.8 Å². The second-order valence-corrected chi connectivity index (χ2v) is 8.52. The van der Waals surface area contributed by atoms with E-state index < -0.39 is 0 Å². The highest BCUT2D eigenvalue weighted by atomic mass is 19.1. The Morgan fingerprint density at radius 3 is 2.45 bits per heavy atom. The standard InChI is InChI=1S/C25H26FN5O2/c26-20-10-4-5-11-22(20)31-21-12-6-9-19(21)23(29-31)24(32)27-18-13-15-30(16-14-18)25(33)28-17-7-2-1-3-8-17/h1-5,7-8,10-11,18H,6,9,12-16H2,(H,27,32)(H,28,33). The third-order valence-corrected chi connectivity index (χ3v) is 6.37. The molecule has 7 nitrogen and oxygen atoms in total. The molecule has 1 aliphatic heterocycles. The van der Waals surface area contributed by atoms with Crippen molar-refractivity contribution >= 4 is 17.6 Å². The van der Waals surface area contributed by atoms with Crippen LogP contribution in [0.4, 0.5) is 14.9 Å². The van der Waals surface area contributed by atoms with E-state index in [1.807, 2.05) is 30.3 Å². The number of carbonyl (C=O) groups excluding carboxylic acids is 2. The van der Waals surface area contributed by atoms with E-state index in [1.165, 1.54) is 6.07 Å². The van der Waals surface area contributed by atoms with Crippen molar-refractivity contribution in [3.63, 3.8) is 0 Å². The van der Waals surface area contributed by atoms with Crippen molar-refractivity contribution in [2.24, 2.45) is 0 Å². The summed E-state index contributed by atoms with van der Waals surface area (Å²) in [6.45, 7) is 1.12. The van der Waals surface area contributed by atoms with E-state index in [-0.39, 0.29) is 23.8 Å². The number of anilines is 1. The molecule has 170 valence electrons. The molecule has 0 spiro atoms. The van der Waals surface area contributed by atoms with Crippen molar-refractivity contribution in [1.29, 1.82) is 0 Å². The molecule has 0 bridgehead atoms. The van der Waals surface area contributed by atoms with Gasteiger partial charge in [-0.05, 0) is 56.4 Å². The van der Waals surface area contributed by atoms with E-state index >= 15 is 0 Å². The first kappa shape index (κ1) is 21.2. The molecule has 2 N–H and O–H groups in total. The molecule has 0 radical (unpaired) electrons. The van der Waals surface area contributed by atoms with E-state index in [4.69, 9.17) is 0 Å². The zero-order valence-electron chi connectivity index (χ0n) is 18.3. The number of amides is 3. The summed E-state index contributed by atoms with van der Waals surface area (Å²) in [5, 5.41) is 10.5. The maximum Gasteiger partial charge on any atom is 0.321 e. The lowest BCUT2D eigenvalue weighted by Crippen LogP contribution is -2.47. The molecule has 33 heavy (non-hydrogen) atoms. The second kappa shape index (κ2) is 9.05. The molecule has 2 aromatic carbocycles. The number of fused-ring (bicyclic) bond motifs is 1. The highest BCUT2D eigenvalue weighted by Gasteiger charge is 2.30. The number of nitrogens with one attached hydrogen (secondary N) is 2. The molecule has 3 aromatic rings. The van der Waals surface area contributed by atoms with Gasteiger partial charge in [0.25, 0.3) is 5.91 Å². The fraction of sp³-hybridized carbons (Fsp3) is 0.320. The van der Waals surface area contributed by atoms with Crippen LogP contribution in [-0.2, 0) is 12.8 Å². The van der Waals surface area contributed by atoms with Gasteiger partial charge in [-0.1, -0.05) is 30.3 Å². The van der Waals surface area contributed by atoms with Gasteiger partial charge in [-0.15, -0.1) is 0 Å². The van der Waals surface area contributed by atoms with Crippen molar-refractivity contribution < 1.29 is 14.0 Å². The summed E-state index contributed by atoms with van der Waals surface area (Å²) in [6, 6.07) is 15.7. The zero-order chi connectivity index (χ0) is 22.8. The van der Waals surface area contributed by atoms with E-state index in [2.05, 4.69) is 15.7 Å². The number of hydrogen-bond donors (Lipinski definition) is 2. The monoisotopic (exact) mass is 447 g/mol. The molecule has 1 fully saturated rings. The first-order valence-electron chi connectivity index (χ1n) is 11.4. The fourth-order valence-corrected chi connectivity index (χ4v) is 4.65. The molecule has 8 heteroatoms. The van der Waals surface area contributed by atoms with Crippen LogP contribution in [0.25, 0.3) is 5.69 Å². The van der Waals surface area contributed by atoms with Crippen molar-refractivity contribution in [3.8, 4) is 5.69 Å². The van der Waals surface area contributed by atoms with Gasteiger partial charge in [0.15, 0.2) is 5.69 Å². The number of nitrogens with zero attached hydrogens (tertiary/aromatic N) is 3. The largest absolute Gasteiger partial charge is 0.348 e. The molecular formula is C25H26FN5O2. The Hall–Kier alpha value is -3.68. The number of carbonyl (C=O) groups is 2. The predicted molar refractivity (Wildman–Crippen MR) is 123 cm³/mol. The van der Waals surface area contributed by atoms with Crippen LogP contribution in [0.1, 0.15) is 41.0 Å². The lowest BCUT2D eigenvalue weighted by Gasteiger charge is -2.32. The average molecular weight is 448 g/mol. The lowest BCUT2D eigenvalue weighted by atomic mass is 10.0. The Labute approximate surface area is 191 Å². The van der Waals surface area contributed by atoms with Crippen molar-refractivity contribution in [2.75, 3.05) is 18.4 Å². The summed E-state index contributed by atoms with van der Waals surface area (Å²) < 4.78 is 16.0. The van der Waals surface area contributed by atoms with Crippen LogP contribution in [0.15, 0.2) is 54.6 Å². The number of urea groups is 1. The molecule has 0 atom stereocenters. The Morgan fingerprint density at radius 2 is 1.70 bits per heavy atom. The van der Waals surface area contributed by atoms with E-state index in [0.29, 0.717) is 37.3 Å². The van der Waals surface area contributed by atoms with Crippen LogP contribution in [-0.4, -0.2) is 45.8 Å². The van der Waals surface area contributed by atoms with Crippen LogP contribution in [0, 0.1) is 5.82 Å². The fourth-order valence-electron chi connectivity index (χ4n) is 4.65. The van der Waals surface area contributed by atoms with Gasteiger partial charge in [-0.25, -0.2) is 13.9 Å². The summed E-state index contributed by atoms with van der Waals surface area (Å²) in [5.41, 5.74) is 3.34. The predicted octanol–water partition coefficient (Wildman–Crippen LogP) is 3.93. The number of aromatic nitrogens is 2. The Bertz CT molecular complexity index is 1170. The number of rotatable bonds is 4. The maximum atomic E-state index is 14.4. The van der Waals surface area contributed by atoms with Gasteiger partial charge in [0.1, 0.15) is 11.5 Å². The first-order valence-corrected chi connectivity index (χ1v) is 11.4. The molecule has 1 aromatic heterocycles. The number of hydrogen-bond acceptors (Lipinski definition) is 3. The van der Waals surface area contributed by atoms with Gasteiger partial charge in [0.2, 0.25) is 0 Å². The molecule has 2 heterocycles. The highest BCUT2D eigenvalue weighted by Crippen LogP contribution is 2.29. The van der Waals surface area contributed by atoms with E-state index in [9.17, 15) is 14.0 Å². The summed E-state index contributed by atoms with van der Waals surface area (Å²) in [6.07, 6.45) is 3.81. The topological polar surface area (TPSA) is 79.3 Å². The summed E-state index contributed by atoms with van der Waals surface area (Å²) >= 11 is 0. The highest BCUT2D eigenvalue weighted by molar-refractivity contribution is 5.94. The Balaban J connectivity index is 1.23. The van der Waals surface area contributed by atoms with Gasteiger partial charge in [0, 0.05) is 36.1 Å². The Kier molecular flexibility index (Phi) is 5.81. The number of para-hydroxylation sites is 2. The van der Waals surface area contributed by atoms with Gasteiger partial charge in [0.05, 0.1) is 0 Å².